The topological polar surface area (TPSA) is 76.1 Å². The Morgan fingerprint density at radius 1 is 1.25 bits per heavy atom. The lowest BCUT2D eigenvalue weighted by atomic mass is 9.80. The number of rotatable bonds is 4. The predicted octanol–water partition coefficient (Wildman–Crippen LogP) is 3.21. The van der Waals surface area contributed by atoms with Crippen molar-refractivity contribution in [2.24, 2.45) is 5.92 Å². The maximum atomic E-state index is 12.4. The third-order valence-electron chi connectivity index (χ3n) is 3.47. The molecule has 0 saturated heterocycles. The Morgan fingerprint density at radius 3 is 2.42 bits per heavy atom. The van der Waals surface area contributed by atoms with Crippen molar-refractivity contribution in [1.82, 2.24) is 15.3 Å². The van der Waals surface area contributed by atoms with E-state index in [2.05, 4.69) is 20.6 Å². The number of nitrogens with one attached hydrogen (secondary N) is 2. The van der Waals surface area contributed by atoms with Crippen molar-refractivity contribution >= 4 is 11.9 Å². The number of anilines is 1. The Morgan fingerprint density at radius 2 is 1.92 bits per heavy atom. The molecule has 0 aliphatic heterocycles. The molecule has 0 unspecified atom stereocenters. The van der Waals surface area contributed by atoms with Gasteiger partial charge in [-0.3, -0.25) is 0 Å². The van der Waals surface area contributed by atoms with Gasteiger partial charge < -0.3 is 15.4 Å². The lowest BCUT2D eigenvalue weighted by Crippen LogP contribution is -2.47. The van der Waals surface area contributed by atoms with Crippen LogP contribution >= 0.6 is 0 Å². The van der Waals surface area contributed by atoms with E-state index in [0.29, 0.717) is 24.5 Å². The number of alkyl halides is 3. The molecule has 9 heteroatoms. The summed E-state index contributed by atoms with van der Waals surface area (Å²) in [4.78, 5) is 18.6. The van der Waals surface area contributed by atoms with Crippen LogP contribution in [-0.2, 0) is 10.9 Å². The molecule has 0 atom stereocenters. The van der Waals surface area contributed by atoms with E-state index in [0.717, 1.165) is 19.0 Å². The van der Waals surface area contributed by atoms with Crippen LogP contribution in [0, 0.1) is 5.92 Å². The maximum Gasteiger partial charge on any atom is 0.434 e. The molecule has 1 saturated carbocycles. The number of halogens is 3. The molecule has 6 nitrogen and oxygen atoms in total. The quantitative estimate of drug-likeness (QED) is 0.875. The van der Waals surface area contributed by atoms with E-state index < -0.39 is 23.6 Å². The fourth-order valence-corrected chi connectivity index (χ4v) is 2.31. The van der Waals surface area contributed by atoms with E-state index in [-0.39, 0.29) is 6.04 Å². The molecule has 1 aliphatic carbocycles. The molecule has 24 heavy (non-hydrogen) atoms. The molecule has 1 amide bonds. The zero-order valence-electron chi connectivity index (χ0n) is 13.8. The summed E-state index contributed by atoms with van der Waals surface area (Å²) in [5.74, 6) is 0.612. The van der Waals surface area contributed by atoms with Crippen molar-refractivity contribution in [3.63, 3.8) is 0 Å². The van der Waals surface area contributed by atoms with Crippen LogP contribution in [0.5, 0.6) is 0 Å². The minimum absolute atomic E-state index is 0.0605. The highest BCUT2D eigenvalue weighted by Crippen LogP contribution is 2.29. The second-order valence-electron chi connectivity index (χ2n) is 6.85. The highest BCUT2D eigenvalue weighted by atomic mass is 19.4. The molecular weight excluding hydrogens is 325 g/mol. The summed E-state index contributed by atoms with van der Waals surface area (Å²) < 4.78 is 42.3. The number of ether oxygens (including phenoxy) is 1. The number of carbonyl (C=O) groups is 1. The zero-order chi connectivity index (χ0) is 18.0. The van der Waals surface area contributed by atoms with E-state index in [4.69, 9.17) is 4.74 Å². The fraction of sp³-hybridized carbons (Fsp3) is 0.667. The van der Waals surface area contributed by atoms with Gasteiger partial charge in [0.2, 0.25) is 0 Å². The van der Waals surface area contributed by atoms with E-state index in [9.17, 15) is 18.0 Å². The molecule has 1 heterocycles. The van der Waals surface area contributed by atoms with Crippen molar-refractivity contribution in [2.45, 2.75) is 51.4 Å². The number of alkyl carbamates (subject to hydrolysis) is 1. The van der Waals surface area contributed by atoms with Gasteiger partial charge in [-0.1, -0.05) is 0 Å². The second-order valence-corrected chi connectivity index (χ2v) is 6.85. The molecule has 1 aromatic heterocycles. The summed E-state index contributed by atoms with van der Waals surface area (Å²) in [6.45, 7) is 5.95. The average molecular weight is 346 g/mol. The SMILES string of the molecule is CC(C)(C)OC(=O)NC1CC(CNc2cnc(C(F)(F)F)cn2)C1. The predicted molar refractivity (Wildman–Crippen MR) is 81.4 cm³/mol. The number of aromatic nitrogens is 2. The van der Waals surface area contributed by atoms with Crippen LogP contribution in [0.15, 0.2) is 12.4 Å². The third kappa shape index (κ3) is 5.54. The fourth-order valence-electron chi connectivity index (χ4n) is 2.31. The lowest BCUT2D eigenvalue weighted by molar-refractivity contribution is -0.141. The van der Waals surface area contributed by atoms with Crippen LogP contribution in [0.1, 0.15) is 39.3 Å². The summed E-state index contributed by atoms with van der Waals surface area (Å²) in [6, 6.07) is 0.0605. The molecule has 1 aromatic rings. The number of nitrogens with zero attached hydrogens (tertiary/aromatic N) is 2. The normalized spacial score (nSPS) is 20.9. The minimum Gasteiger partial charge on any atom is -0.444 e. The van der Waals surface area contributed by atoms with Crippen LogP contribution in [-0.4, -0.2) is 34.2 Å². The summed E-state index contributed by atoms with van der Waals surface area (Å²) in [7, 11) is 0. The molecule has 1 fully saturated rings. The van der Waals surface area contributed by atoms with Crippen molar-refractivity contribution in [1.29, 1.82) is 0 Å². The zero-order valence-corrected chi connectivity index (χ0v) is 13.8. The Hall–Kier alpha value is -2.06. The number of amides is 1. The van der Waals surface area contributed by atoms with Gasteiger partial charge in [0, 0.05) is 12.6 Å². The number of hydrogen-bond donors (Lipinski definition) is 2. The molecule has 0 radical (unpaired) electrons. The molecule has 1 aliphatic rings. The third-order valence-corrected chi connectivity index (χ3v) is 3.47. The van der Waals surface area contributed by atoms with Crippen LogP contribution < -0.4 is 10.6 Å². The van der Waals surface area contributed by atoms with Crippen molar-refractivity contribution < 1.29 is 22.7 Å². The van der Waals surface area contributed by atoms with E-state index >= 15 is 0 Å². The summed E-state index contributed by atoms with van der Waals surface area (Å²) in [5.41, 5.74) is -1.55. The molecular formula is C15H21F3N4O2. The highest BCUT2D eigenvalue weighted by Gasteiger charge is 2.33. The molecule has 2 rings (SSSR count). The number of hydrogen-bond acceptors (Lipinski definition) is 5. The van der Waals surface area contributed by atoms with Crippen LogP contribution in [0.2, 0.25) is 0 Å². The standard InChI is InChI=1S/C15H21F3N4O2/c1-14(2,3)24-13(23)22-10-4-9(5-10)6-20-12-8-19-11(7-21-12)15(16,17)18/h7-10H,4-6H2,1-3H3,(H,20,21)(H,22,23). The van der Waals surface area contributed by atoms with Gasteiger partial charge in [-0.25, -0.2) is 14.8 Å². The van der Waals surface area contributed by atoms with E-state index in [1.807, 2.05) is 0 Å². The Kier molecular flexibility index (Phi) is 5.19. The number of carbonyl (C=O) groups excluding carboxylic acids is 1. The van der Waals surface area contributed by atoms with Gasteiger partial charge in [0.1, 0.15) is 11.4 Å². The van der Waals surface area contributed by atoms with Crippen LogP contribution in [0.4, 0.5) is 23.8 Å². The van der Waals surface area contributed by atoms with Gasteiger partial charge in [0.15, 0.2) is 5.69 Å². The van der Waals surface area contributed by atoms with Crippen LogP contribution in [0.25, 0.3) is 0 Å². The van der Waals surface area contributed by atoms with Gasteiger partial charge in [-0.05, 0) is 39.5 Å². The first-order valence-corrected chi connectivity index (χ1v) is 7.65. The first kappa shape index (κ1) is 18.3. The Labute approximate surface area is 138 Å². The minimum atomic E-state index is -4.49. The molecule has 0 spiro atoms. The van der Waals surface area contributed by atoms with Crippen LogP contribution in [0.3, 0.4) is 0 Å². The van der Waals surface area contributed by atoms with Gasteiger partial charge in [0.05, 0.1) is 12.4 Å². The lowest BCUT2D eigenvalue weighted by Gasteiger charge is -2.36. The van der Waals surface area contributed by atoms with Gasteiger partial charge in [-0.15, -0.1) is 0 Å². The monoisotopic (exact) mass is 346 g/mol. The molecule has 134 valence electrons. The second kappa shape index (κ2) is 6.82. The van der Waals surface area contributed by atoms with Gasteiger partial charge in [0.25, 0.3) is 0 Å². The molecule has 0 bridgehead atoms. The Bertz CT molecular complexity index is 564. The van der Waals surface area contributed by atoms with Gasteiger partial charge >= 0.3 is 12.3 Å². The van der Waals surface area contributed by atoms with Crippen molar-refractivity contribution in [2.75, 3.05) is 11.9 Å². The van der Waals surface area contributed by atoms with E-state index in [1.54, 1.807) is 20.8 Å². The maximum absolute atomic E-state index is 12.4. The summed E-state index contributed by atoms with van der Waals surface area (Å²) in [5, 5.41) is 5.74. The average Bonchev–Trinajstić information content (AvgIpc) is 2.38. The van der Waals surface area contributed by atoms with Crippen molar-refractivity contribution in [3.05, 3.63) is 18.1 Å². The highest BCUT2D eigenvalue weighted by molar-refractivity contribution is 5.68. The van der Waals surface area contributed by atoms with Gasteiger partial charge in [-0.2, -0.15) is 13.2 Å². The summed E-state index contributed by atoms with van der Waals surface area (Å²) in [6.07, 6.45) is -1.60. The van der Waals surface area contributed by atoms with E-state index in [1.165, 1.54) is 0 Å². The first-order valence-electron chi connectivity index (χ1n) is 7.65. The largest absolute Gasteiger partial charge is 0.444 e. The summed E-state index contributed by atoms with van der Waals surface area (Å²) >= 11 is 0. The first-order chi connectivity index (χ1) is 11.0. The Balaban J connectivity index is 1.68. The molecule has 2 N–H and O–H groups in total. The molecule has 0 aromatic carbocycles. The smallest absolute Gasteiger partial charge is 0.434 e. The van der Waals surface area contributed by atoms with Crippen molar-refractivity contribution in [3.8, 4) is 0 Å².